The van der Waals surface area contributed by atoms with Crippen molar-refractivity contribution in [2.24, 2.45) is 0 Å². The van der Waals surface area contributed by atoms with Crippen LogP contribution in [0.3, 0.4) is 0 Å². The summed E-state index contributed by atoms with van der Waals surface area (Å²) >= 11 is -2.88. The molecule has 278 valence electrons. The molecule has 0 amide bonds. The normalized spacial score (nSPS) is 11.9. The van der Waals surface area contributed by atoms with Gasteiger partial charge in [0.2, 0.25) is 0 Å². The van der Waals surface area contributed by atoms with Crippen molar-refractivity contribution in [2.45, 2.75) is 23.3 Å². The van der Waals surface area contributed by atoms with Crippen molar-refractivity contribution >= 4 is 68.3 Å². The minimum atomic E-state index is -1.50. The number of hydrogen-bond donors (Lipinski definition) is 0. The van der Waals surface area contributed by atoms with Gasteiger partial charge in [-0.3, -0.25) is 0 Å². The van der Waals surface area contributed by atoms with Gasteiger partial charge in [0.05, 0.1) is 0 Å². The second kappa shape index (κ2) is 22.1. The van der Waals surface area contributed by atoms with Crippen LogP contribution in [-0.4, -0.2) is 29.3 Å². The zero-order valence-corrected chi connectivity index (χ0v) is 38.5. The van der Waals surface area contributed by atoms with E-state index in [2.05, 4.69) is 239 Å². The Morgan fingerprint density at radius 1 is 0.407 bits per heavy atom. The van der Waals surface area contributed by atoms with Crippen LogP contribution in [0, 0.1) is 31.2 Å². The fourth-order valence-electron chi connectivity index (χ4n) is 6.87. The van der Waals surface area contributed by atoms with Crippen LogP contribution >= 0.6 is 0 Å². The Labute approximate surface area is 360 Å². The van der Waals surface area contributed by atoms with E-state index in [1.807, 2.05) is 0 Å². The van der Waals surface area contributed by atoms with Gasteiger partial charge in [0.1, 0.15) is 0 Å². The molecule has 0 aromatic heterocycles. The molecule has 0 saturated carbocycles. The molecule has 0 nitrogen and oxygen atoms in total. The van der Waals surface area contributed by atoms with E-state index in [-0.39, 0.29) is 36.4 Å². The topological polar surface area (TPSA) is 0 Å². The first kappa shape index (κ1) is 42.4. The summed E-state index contributed by atoms with van der Waals surface area (Å²) in [5.41, 5.74) is 2.71. The van der Waals surface area contributed by atoms with E-state index in [0.717, 1.165) is 0 Å². The van der Waals surface area contributed by atoms with Gasteiger partial charge in [-0.1, -0.05) is 0 Å². The molecule has 0 aliphatic heterocycles. The Morgan fingerprint density at radius 2 is 0.667 bits per heavy atom. The van der Waals surface area contributed by atoms with Crippen molar-refractivity contribution in [3.8, 4) is 0 Å². The van der Waals surface area contributed by atoms with Gasteiger partial charge in [0, 0.05) is 20.4 Å². The maximum atomic E-state index is 4.26. The Kier molecular flexibility index (Phi) is 17.4. The third-order valence-corrected chi connectivity index (χ3v) is 20.8. The molecule has 8 aromatic carbocycles. The summed E-state index contributed by atoms with van der Waals surface area (Å²) in [7, 11) is 8.52. The summed E-state index contributed by atoms with van der Waals surface area (Å²) in [6, 6.07) is 77.1. The number of rotatable bonds is 8. The third-order valence-electron chi connectivity index (χ3n) is 9.25. The fraction of sp³-hybridized carbons (Fsp3) is 0.0833. The first-order valence-corrected chi connectivity index (χ1v) is 27.8. The fourth-order valence-corrected chi connectivity index (χ4v) is 18.0. The molecule has 54 heavy (non-hydrogen) atoms. The summed E-state index contributed by atoms with van der Waals surface area (Å²) in [6.45, 7) is 4.77. The van der Waals surface area contributed by atoms with Crippen molar-refractivity contribution in [1.82, 2.24) is 0 Å². The second-order valence-corrected chi connectivity index (χ2v) is 25.9. The molecule has 0 N–H and O–H groups in total. The van der Waals surface area contributed by atoms with E-state index in [9.17, 15) is 0 Å². The molecule has 8 aromatic rings. The summed E-state index contributed by atoms with van der Waals surface area (Å²) in [5.74, 6) is 0. The number of halogens is 2. The molecule has 0 saturated heterocycles. The van der Waals surface area contributed by atoms with Crippen LogP contribution < -0.4 is 17.4 Å². The van der Waals surface area contributed by atoms with Gasteiger partial charge in [-0.2, -0.15) is 0 Å². The Bertz CT molecular complexity index is 2040. The quantitative estimate of drug-likeness (QED) is 0.106. The van der Waals surface area contributed by atoms with Crippen molar-refractivity contribution in [2.75, 3.05) is 0 Å². The van der Waals surface area contributed by atoms with Gasteiger partial charge < -0.3 is 0 Å². The van der Waals surface area contributed by atoms with Crippen LogP contribution in [0.4, 0.5) is 0 Å². The SMILES string of the molecule is CC(c1[c-]ccc2ccccc12)[As](c1ccccc1)c1ccccc1.CC(c1[c-]ccc2ccccc12)[As](c1ccccc1)c1ccccc1.[ClH+][Pd][ClH+].[Pd]. The van der Waals surface area contributed by atoms with Gasteiger partial charge in [0.15, 0.2) is 0 Å². The molecule has 2 atom stereocenters. The first-order valence-electron chi connectivity index (χ1n) is 17.5. The van der Waals surface area contributed by atoms with E-state index < -0.39 is 29.3 Å². The molecule has 0 fully saturated rings. The minimum Gasteiger partial charge on any atom is 0 e. The molecule has 0 radical (unpaired) electrons. The van der Waals surface area contributed by atoms with E-state index in [1.165, 1.54) is 50.1 Å². The molecule has 8 rings (SSSR count). The standard InChI is InChI=1S/2C24H20As.2ClH.2Pd/c2*1-19(23-18-10-12-20-11-8-9-17-24(20)23)25(21-13-4-2-5-14-21)22-15-6-3-7-16-22;;;;/h2*2-17,19H,1H3;2*1H;;/q2*-1;;;;+2. The van der Waals surface area contributed by atoms with E-state index in [0.29, 0.717) is 9.41 Å². The van der Waals surface area contributed by atoms with Crippen LogP contribution in [0.1, 0.15) is 34.4 Å². The third kappa shape index (κ3) is 10.8. The minimum absolute atomic E-state index is 0. The largest absolute Gasteiger partial charge is 0 e. The first-order chi connectivity index (χ1) is 26.1. The molecule has 2 unspecified atom stereocenters. The van der Waals surface area contributed by atoms with Gasteiger partial charge in [-0.15, -0.1) is 0 Å². The van der Waals surface area contributed by atoms with E-state index in [1.54, 1.807) is 0 Å². The molecule has 0 bridgehead atoms. The van der Waals surface area contributed by atoms with Crippen molar-refractivity contribution in [3.05, 3.63) is 217 Å². The summed E-state index contributed by atoms with van der Waals surface area (Å²) < 4.78 is 6.93. The monoisotopic (exact) mass is 1050 g/mol. The van der Waals surface area contributed by atoms with Crippen molar-refractivity contribution in [1.29, 1.82) is 0 Å². The summed E-state index contributed by atoms with van der Waals surface area (Å²) in [4.78, 5) is 0. The van der Waals surface area contributed by atoms with Crippen LogP contribution in [0.2, 0.25) is 0 Å². The van der Waals surface area contributed by atoms with Crippen LogP contribution in [0.15, 0.2) is 194 Å². The van der Waals surface area contributed by atoms with Gasteiger partial charge >= 0.3 is 344 Å². The van der Waals surface area contributed by atoms with Crippen LogP contribution in [0.5, 0.6) is 0 Å². The van der Waals surface area contributed by atoms with Crippen LogP contribution in [-0.2, 0) is 36.4 Å². The molecule has 0 heterocycles. The Hall–Kier alpha value is -2.70. The van der Waals surface area contributed by atoms with Crippen LogP contribution in [0.25, 0.3) is 21.5 Å². The zero-order valence-electron chi connectivity index (χ0n) is 30.0. The summed E-state index contributed by atoms with van der Waals surface area (Å²) in [5, 5.41) is 5.28. The predicted octanol–water partition coefficient (Wildman–Crippen LogP) is 8.64. The van der Waals surface area contributed by atoms with E-state index >= 15 is 0 Å². The van der Waals surface area contributed by atoms with Crippen molar-refractivity contribution < 1.29 is 55.4 Å². The molecule has 0 aliphatic rings. The van der Waals surface area contributed by atoms with Crippen molar-refractivity contribution in [3.63, 3.8) is 0 Å². The second-order valence-electron chi connectivity index (χ2n) is 12.4. The molecular weight excluding hydrogens is 1010 g/mol. The maximum Gasteiger partial charge on any atom is 0 e. The zero-order chi connectivity index (χ0) is 36.8. The molecule has 0 spiro atoms. The van der Waals surface area contributed by atoms with Gasteiger partial charge in [-0.25, -0.2) is 0 Å². The van der Waals surface area contributed by atoms with E-state index in [4.69, 9.17) is 0 Å². The average Bonchev–Trinajstić information content (AvgIpc) is 3.23. The maximum absolute atomic E-state index is 4.26. The van der Waals surface area contributed by atoms with Gasteiger partial charge in [0.25, 0.3) is 0 Å². The molecule has 0 aliphatic carbocycles. The number of benzene rings is 8. The number of fused-ring (bicyclic) bond motifs is 2. The number of hydrogen-bond acceptors (Lipinski definition) is 0. The molecular formula is C48H42As2Cl2Pd2. The average molecular weight is 1050 g/mol. The Morgan fingerprint density at radius 3 is 0.963 bits per heavy atom. The predicted molar refractivity (Wildman–Crippen MR) is 221 cm³/mol. The summed E-state index contributed by atoms with van der Waals surface area (Å²) in [6.07, 6.45) is 0. The Balaban J connectivity index is 0.000000190. The van der Waals surface area contributed by atoms with Gasteiger partial charge in [-0.05, 0) is 0 Å². The molecule has 6 heteroatoms. The smallest absolute Gasteiger partial charge is 0 e.